The smallest absolute Gasteiger partial charge is 0.219 e. The molecule has 0 radical (unpaired) electrons. The van der Waals surface area contributed by atoms with Crippen LogP contribution in [0, 0.1) is 0 Å². The second-order valence-electron chi connectivity index (χ2n) is 4.18. The molecule has 5 heteroatoms. The molecule has 0 saturated heterocycles. The molecule has 0 unspecified atom stereocenters. The van der Waals surface area contributed by atoms with E-state index >= 15 is 0 Å². The van der Waals surface area contributed by atoms with Crippen molar-refractivity contribution in [2.75, 3.05) is 13.1 Å². The average molecular weight is 240 g/mol. The molecule has 98 valence electrons. The van der Waals surface area contributed by atoms with Gasteiger partial charge in [0.05, 0.1) is 0 Å². The summed E-state index contributed by atoms with van der Waals surface area (Å²) in [5, 5.41) is 6.07. The van der Waals surface area contributed by atoms with E-state index in [1.54, 1.807) is 0 Å². The zero-order valence-electron chi connectivity index (χ0n) is 10.8. The van der Waals surface area contributed by atoms with E-state index in [1.807, 2.05) is 0 Å². The third-order valence-corrected chi connectivity index (χ3v) is 2.60. The first-order valence-electron chi connectivity index (χ1n) is 6.58. The van der Waals surface area contributed by atoms with Crippen molar-refractivity contribution in [2.24, 2.45) is 5.11 Å². The molecule has 0 bridgehead atoms. The van der Waals surface area contributed by atoms with E-state index in [0.717, 1.165) is 12.8 Å². The van der Waals surface area contributed by atoms with E-state index in [1.165, 1.54) is 32.1 Å². The monoisotopic (exact) mass is 240 g/mol. The highest BCUT2D eigenvalue weighted by molar-refractivity contribution is 5.75. The summed E-state index contributed by atoms with van der Waals surface area (Å²) in [7, 11) is 0. The second-order valence-corrected chi connectivity index (χ2v) is 4.18. The Balaban J connectivity index is 3.19. The van der Waals surface area contributed by atoms with Crippen molar-refractivity contribution in [3.8, 4) is 0 Å². The first-order chi connectivity index (χ1) is 8.31. The van der Waals surface area contributed by atoms with Crippen LogP contribution in [-0.4, -0.2) is 19.0 Å². The van der Waals surface area contributed by atoms with Crippen molar-refractivity contribution in [3.05, 3.63) is 10.4 Å². The highest BCUT2D eigenvalue weighted by Crippen LogP contribution is 2.08. The van der Waals surface area contributed by atoms with Crippen LogP contribution in [0.25, 0.3) is 10.4 Å². The van der Waals surface area contributed by atoms with E-state index in [2.05, 4.69) is 22.3 Å². The maximum Gasteiger partial charge on any atom is 0.219 e. The molecule has 0 aromatic heterocycles. The minimum atomic E-state index is 0.0618. The number of unbranched alkanes of at least 4 members (excludes halogenated alkanes) is 6. The van der Waals surface area contributed by atoms with Crippen LogP contribution in [-0.2, 0) is 4.79 Å². The Morgan fingerprint density at radius 2 is 1.82 bits per heavy atom. The molecule has 17 heavy (non-hydrogen) atoms. The molecular formula is C12H24N4O. The average Bonchev–Trinajstić information content (AvgIpc) is 2.33. The van der Waals surface area contributed by atoms with E-state index < -0.39 is 0 Å². The minimum absolute atomic E-state index is 0.0618. The Morgan fingerprint density at radius 1 is 1.18 bits per heavy atom. The Kier molecular flexibility index (Phi) is 11.9. The van der Waals surface area contributed by atoms with Crippen molar-refractivity contribution in [1.82, 2.24) is 5.32 Å². The maximum absolute atomic E-state index is 11.3. The molecule has 0 aromatic rings. The minimum Gasteiger partial charge on any atom is -0.356 e. The Hall–Kier alpha value is -1.22. The lowest BCUT2D eigenvalue weighted by Crippen LogP contribution is -2.25. The van der Waals surface area contributed by atoms with Crippen molar-refractivity contribution in [1.29, 1.82) is 0 Å². The van der Waals surface area contributed by atoms with Crippen LogP contribution in [0.1, 0.15) is 58.3 Å². The lowest BCUT2D eigenvalue weighted by atomic mass is 10.1. The number of azide groups is 1. The molecule has 0 rings (SSSR count). The second kappa shape index (κ2) is 12.8. The fraction of sp³-hybridized carbons (Fsp3) is 0.917. The number of carbonyl (C=O) groups excluding carboxylic acids is 1. The summed E-state index contributed by atoms with van der Waals surface area (Å²) >= 11 is 0. The molecule has 5 nitrogen and oxygen atoms in total. The number of rotatable bonds is 11. The van der Waals surface area contributed by atoms with Gasteiger partial charge in [-0.2, -0.15) is 0 Å². The molecule has 0 aliphatic rings. The maximum atomic E-state index is 11.3. The highest BCUT2D eigenvalue weighted by atomic mass is 16.1. The third-order valence-electron chi connectivity index (χ3n) is 2.60. The lowest BCUT2D eigenvalue weighted by molar-refractivity contribution is -0.121. The number of nitrogens with zero attached hydrogens (tertiary/aromatic N) is 3. The van der Waals surface area contributed by atoms with Gasteiger partial charge >= 0.3 is 0 Å². The normalized spacial score (nSPS) is 9.71. The van der Waals surface area contributed by atoms with Gasteiger partial charge in [-0.05, 0) is 12.0 Å². The van der Waals surface area contributed by atoms with E-state index in [9.17, 15) is 4.79 Å². The van der Waals surface area contributed by atoms with E-state index in [-0.39, 0.29) is 5.91 Å². The van der Waals surface area contributed by atoms with Gasteiger partial charge in [0.2, 0.25) is 5.91 Å². The SMILES string of the molecule is CCCCCCCCCC(=O)NCCN=[N+]=[N-]. The molecule has 0 spiro atoms. The Bertz CT molecular complexity index is 237. The number of carbonyl (C=O) groups is 1. The van der Waals surface area contributed by atoms with Gasteiger partial charge in [-0.1, -0.05) is 50.6 Å². The largest absolute Gasteiger partial charge is 0.356 e. The summed E-state index contributed by atoms with van der Waals surface area (Å²) in [5.74, 6) is 0.0618. The van der Waals surface area contributed by atoms with Gasteiger partial charge in [0.15, 0.2) is 0 Å². The van der Waals surface area contributed by atoms with Crippen molar-refractivity contribution >= 4 is 5.91 Å². The van der Waals surface area contributed by atoms with Crippen LogP contribution in [0.15, 0.2) is 5.11 Å². The fourth-order valence-electron chi connectivity index (χ4n) is 1.62. The van der Waals surface area contributed by atoms with Crippen LogP contribution in [0.4, 0.5) is 0 Å². The fourth-order valence-corrected chi connectivity index (χ4v) is 1.62. The number of hydrogen-bond acceptors (Lipinski definition) is 2. The zero-order chi connectivity index (χ0) is 12.8. The zero-order valence-corrected chi connectivity index (χ0v) is 10.8. The quantitative estimate of drug-likeness (QED) is 0.255. The van der Waals surface area contributed by atoms with Crippen molar-refractivity contribution < 1.29 is 4.79 Å². The van der Waals surface area contributed by atoms with E-state index in [0.29, 0.717) is 19.5 Å². The van der Waals surface area contributed by atoms with Gasteiger partial charge in [-0.25, -0.2) is 0 Å². The molecule has 0 aliphatic carbocycles. The molecule has 0 aliphatic heterocycles. The summed E-state index contributed by atoms with van der Waals surface area (Å²) < 4.78 is 0. The van der Waals surface area contributed by atoms with Crippen LogP contribution in [0.5, 0.6) is 0 Å². The Labute approximate surface area is 104 Å². The molecular weight excluding hydrogens is 216 g/mol. The first-order valence-corrected chi connectivity index (χ1v) is 6.58. The van der Waals surface area contributed by atoms with Crippen LogP contribution >= 0.6 is 0 Å². The molecule has 1 N–H and O–H groups in total. The van der Waals surface area contributed by atoms with Crippen molar-refractivity contribution in [3.63, 3.8) is 0 Å². The van der Waals surface area contributed by atoms with Gasteiger partial charge in [0.25, 0.3) is 0 Å². The summed E-state index contributed by atoms with van der Waals surface area (Å²) in [6, 6.07) is 0. The predicted octanol–water partition coefficient (Wildman–Crippen LogP) is 3.55. The molecule has 0 fully saturated rings. The molecule has 0 saturated carbocycles. The Morgan fingerprint density at radius 3 is 2.47 bits per heavy atom. The van der Waals surface area contributed by atoms with Crippen molar-refractivity contribution in [2.45, 2.75) is 58.3 Å². The lowest BCUT2D eigenvalue weighted by Gasteiger charge is -2.03. The highest BCUT2D eigenvalue weighted by Gasteiger charge is 1.99. The first kappa shape index (κ1) is 15.8. The van der Waals surface area contributed by atoms with Crippen LogP contribution in [0.2, 0.25) is 0 Å². The topological polar surface area (TPSA) is 77.9 Å². The number of hydrogen-bond donors (Lipinski definition) is 1. The predicted molar refractivity (Wildman–Crippen MR) is 69.6 cm³/mol. The molecule has 1 amide bonds. The summed E-state index contributed by atoms with van der Waals surface area (Å²) in [5.41, 5.74) is 8.04. The third kappa shape index (κ3) is 12.7. The van der Waals surface area contributed by atoms with Gasteiger partial charge in [-0.15, -0.1) is 0 Å². The van der Waals surface area contributed by atoms with Gasteiger partial charge < -0.3 is 5.32 Å². The molecule has 0 aromatic carbocycles. The van der Waals surface area contributed by atoms with Gasteiger partial charge in [0, 0.05) is 24.4 Å². The molecule has 0 atom stereocenters. The number of nitrogens with one attached hydrogen (secondary N) is 1. The van der Waals surface area contributed by atoms with Gasteiger partial charge in [-0.3, -0.25) is 4.79 Å². The van der Waals surface area contributed by atoms with Gasteiger partial charge in [0.1, 0.15) is 0 Å². The van der Waals surface area contributed by atoms with Crippen LogP contribution in [0.3, 0.4) is 0 Å². The summed E-state index contributed by atoms with van der Waals surface area (Å²) in [6.07, 6.45) is 9.09. The number of amides is 1. The van der Waals surface area contributed by atoms with Crippen LogP contribution < -0.4 is 5.32 Å². The summed E-state index contributed by atoms with van der Waals surface area (Å²) in [4.78, 5) is 13.9. The van der Waals surface area contributed by atoms with E-state index in [4.69, 9.17) is 5.53 Å². The standard InChI is InChI=1S/C12H24N4O/c1-2-3-4-5-6-7-8-9-12(17)14-10-11-15-16-13/h2-11H2,1H3,(H,14,17). The summed E-state index contributed by atoms with van der Waals surface area (Å²) in [6.45, 7) is 2.99. The molecule has 0 heterocycles.